The smallest absolute Gasteiger partial charge is 0.408 e. The molecular weight excluding hydrogens is 369 g/mol. The Balaban J connectivity index is 2.08. The van der Waals surface area contributed by atoms with Crippen molar-refractivity contribution in [1.82, 2.24) is 14.3 Å². The van der Waals surface area contributed by atoms with Gasteiger partial charge >= 0.3 is 5.76 Å². The van der Waals surface area contributed by atoms with Crippen molar-refractivity contribution < 1.29 is 4.42 Å². The molecule has 0 spiro atoms. The molecule has 0 aliphatic rings. The molecule has 0 saturated carbocycles. The summed E-state index contributed by atoms with van der Waals surface area (Å²) < 4.78 is 9.80. The van der Waals surface area contributed by atoms with Crippen LogP contribution in [0.15, 0.2) is 33.5 Å². The number of rotatable bonds is 3. The summed E-state index contributed by atoms with van der Waals surface area (Å²) in [4.78, 5) is 12.0. The van der Waals surface area contributed by atoms with Crippen molar-refractivity contribution in [3.8, 4) is 0 Å². The van der Waals surface area contributed by atoms with Crippen molar-refractivity contribution in [3.05, 3.63) is 49.8 Å². The molecule has 0 saturated heterocycles. The van der Waals surface area contributed by atoms with Crippen LogP contribution in [0.5, 0.6) is 0 Å². The van der Waals surface area contributed by atoms with Gasteiger partial charge in [-0.3, -0.25) is 9.25 Å². The average Bonchev–Trinajstić information content (AvgIpc) is 2.91. The summed E-state index contributed by atoms with van der Waals surface area (Å²) in [6, 6.07) is 7.78. The number of halogens is 1. The van der Waals surface area contributed by atoms with E-state index in [0.29, 0.717) is 12.1 Å². The Hall–Kier alpha value is -1.57. The molecular formula is C14H14IN3O2. The predicted molar refractivity (Wildman–Crippen MR) is 84.9 cm³/mol. The predicted octanol–water partition coefficient (Wildman–Crippen LogP) is 2.54. The van der Waals surface area contributed by atoms with E-state index in [4.69, 9.17) is 4.42 Å². The topological polar surface area (TPSA) is 53.0 Å². The van der Waals surface area contributed by atoms with Gasteiger partial charge in [-0.05, 0) is 53.3 Å². The first-order chi connectivity index (χ1) is 9.58. The van der Waals surface area contributed by atoms with Gasteiger partial charge in [0.2, 0.25) is 0 Å². The SMILES string of the molecule is CCc1cc(Cn2c(=O)oc3cc(I)ccc32)n(C)n1. The zero-order valence-corrected chi connectivity index (χ0v) is 13.4. The average molecular weight is 383 g/mol. The largest absolute Gasteiger partial charge is 0.420 e. The first-order valence-corrected chi connectivity index (χ1v) is 7.47. The molecule has 0 N–H and O–H groups in total. The number of nitrogens with zero attached hydrogens (tertiary/aromatic N) is 3. The summed E-state index contributed by atoms with van der Waals surface area (Å²) in [5.74, 6) is -0.332. The van der Waals surface area contributed by atoms with Gasteiger partial charge in [0, 0.05) is 10.6 Å². The van der Waals surface area contributed by atoms with E-state index in [0.717, 1.165) is 26.9 Å². The first kappa shape index (κ1) is 13.4. The third kappa shape index (κ3) is 2.28. The quantitative estimate of drug-likeness (QED) is 0.654. The lowest BCUT2D eigenvalue weighted by molar-refractivity contribution is 0.511. The number of aryl methyl sites for hydroxylation is 2. The van der Waals surface area contributed by atoms with Gasteiger partial charge in [-0.2, -0.15) is 5.10 Å². The lowest BCUT2D eigenvalue weighted by Crippen LogP contribution is -2.16. The molecule has 104 valence electrons. The van der Waals surface area contributed by atoms with E-state index in [-0.39, 0.29) is 5.76 Å². The number of benzene rings is 1. The van der Waals surface area contributed by atoms with Gasteiger partial charge in [0.15, 0.2) is 5.58 Å². The van der Waals surface area contributed by atoms with E-state index in [1.54, 1.807) is 4.57 Å². The molecule has 0 fully saturated rings. The Kier molecular flexibility index (Phi) is 3.41. The van der Waals surface area contributed by atoms with Gasteiger partial charge in [-0.25, -0.2) is 4.79 Å². The molecule has 2 heterocycles. The van der Waals surface area contributed by atoms with Gasteiger partial charge in [-0.1, -0.05) is 6.92 Å². The summed E-state index contributed by atoms with van der Waals surface area (Å²) in [5.41, 5.74) is 3.46. The highest BCUT2D eigenvalue weighted by Crippen LogP contribution is 2.17. The van der Waals surface area contributed by atoms with Crippen LogP contribution in [0.1, 0.15) is 18.3 Å². The molecule has 5 nitrogen and oxygen atoms in total. The molecule has 0 aliphatic carbocycles. The maximum absolute atomic E-state index is 12.0. The van der Waals surface area contributed by atoms with E-state index in [1.807, 2.05) is 36.0 Å². The highest BCUT2D eigenvalue weighted by molar-refractivity contribution is 14.1. The number of aromatic nitrogens is 3. The molecule has 0 atom stereocenters. The van der Waals surface area contributed by atoms with Gasteiger partial charge in [-0.15, -0.1) is 0 Å². The second kappa shape index (κ2) is 5.08. The van der Waals surface area contributed by atoms with E-state index in [1.165, 1.54) is 0 Å². The molecule has 3 aromatic rings. The number of hydrogen-bond donors (Lipinski definition) is 0. The Morgan fingerprint density at radius 1 is 1.35 bits per heavy atom. The summed E-state index contributed by atoms with van der Waals surface area (Å²) in [6.07, 6.45) is 0.882. The minimum absolute atomic E-state index is 0.332. The Morgan fingerprint density at radius 3 is 2.85 bits per heavy atom. The van der Waals surface area contributed by atoms with Gasteiger partial charge in [0.25, 0.3) is 0 Å². The van der Waals surface area contributed by atoms with Crippen molar-refractivity contribution in [2.75, 3.05) is 0 Å². The zero-order chi connectivity index (χ0) is 14.3. The van der Waals surface area contributed by atoms with Crippen molar-refractivity contribution in [2.24, 2.45) is 7.05 Å². The number of fused-ring (bicyclic) bond motifs is 1. The molecule has 2 aromatic heterocycles. The second-order valence-corrected chi connectivity index (χ2v) is 5.92. The minimum Gasteiger partial charge on any atom is -0.408 e. The zero-order valence-electron chi connectivity index (χ0n) is 11.3. The van der Waals surface area contributed by atoms with Crippen LogP contribution in [0.2, 0.25) is 0 Å². The van der Waals surface area contributed by atoms with Crippen molar-refractivity contribution in [2.45, 2.75) is 19.9 Å². The normalized spacial score (nSPS) is 11.3. The molecule has 0 aliphatic heterocycles. The third-order valence-electron chi connectivity index (χ3n) is 3.34. The highest BCUT2D eigenvalue weighted by Gasteiger charge is 2.12. The fraction of sp³-hybridized carbons (Fsp3) is 0.286. The highest BCUT2D eigenvalue weighted by atomic mass is 127. The summed E-state index contributed by atoms with van der Waals surface area (Å²) >= 11 is 2.20. The van der Waals surface area contributed by atoms with Crippen LogP contribution in [0, 0.1) is 3.57 Å². The summed E-state index contributed by atoms with van der Waals surface area (Å²) in [6.45, 7) is 2.53. The van der Waals surface area contributed by atoms with Crippen molar-refractivity contribution in [1.29, 1.82) is 0 Å². The van der Waals surface area contributed by atoms with Crippen LogP contribution in [0.3, 0.4) is 0 Å². The van der Waals surface area contributed by atoms with Crippen molar-refractivity contribution >= 4 is 33.7 Å². The summed E-state index contributed by atoms with van der Waals surface area (Å²) in [5, 5.41) is 4.40. The van der Waals surface area contributed by atoms with Crippen LogP contribution in [-0.2, 0) is 20.0 Å². The second-order valence-electron chi connectivity index (χ2n) is 4.67. The van der Waals surface area contributed by atoms with Crippen LogP contribution in [0.25, 0.3) is 11.1 Å². The number of hydrogen-bond acceptors (Lipinski definition) is 3. The monoisotopic (exact) mass is 383 g/mol. The van der Waals surface area contributed by atoms with E-state index >= 15 is 0 Å². The molecule has 0 amide bonds. The van der Waals surface area contributed by atoms with Gasteiger partial charge < -0.3 is 4.42 Å². The van der Waals surface area contributed by atoms with E-state index < -0.39 is 0 Å². The van der Waals surface area contributed by atoms with Gasteiger partial charge in [0.05, 0.1) is 23.4 Å². The minimum atomic E-state index is -0.332. The Labute approximate surface area is 129 Å². The van der Waals surface area contributed by atoms with Crippen LogP contribution < -0.4 is 5.76 Å². The summed E-state index contributed by atoms with van der Waals surface area (Å²) in [7, 11) is 1.89. The molecule has 0 radical (unpaired) electrons. The maximum Gasteiger partial charge on any atom is 0.420 e. The van der Waals surface area contributed by atoms with Crippen LogP contribution in [0.4, 0.5) is 0 Å². The molecule has 1 aromatic carbocycles. The lowest BCUT2D eigenvalue weighted by Gasteiger charge is -2.02. The standard InChI is InChI=1S/C14H14IN3O2/c1-3-10-7-11(17(2)16-10)8-18-12-5-4-9(15)6-13(12)20-14(18)19/h4-7H,3,8H2,1-2H3. The Bertz CT molecular complexity index is 829. The first-order valence-electron chi connectivity index (χ1n) is 6.39. The molecule has 0 unspecified atom stereocenters. The van der Waals surface area contributed by atoms with Crippen molar-refractivity contribution in [3.63, 3.8) is 0 Å². The van der Waals surface area contributed by atoms with E-state index in [9.17, 15) is 4.79 Å². The molecule has 20 heavy (non-hydrogen) atoms. The third-order valence-corrected chi connectivity index (χ3v) is 4.01. The molecule has 0 bridgehead atoms. The van der Waals surface area contributed by atoms with Crippen LogP contribution >= 0.6 is 22.6 Å². The lowest BCUT2D eigenvalue weighted by atomic mass is 10.3. The number of oxazole rings is 1. The van der Waals surface area contributed by atoms with Gasteiger partial charge in [0.1, 0.15) is 0 Å². The maximum atomic E-state index is 12.0. The Morgan fingerprint density at radius 2 is 2.15 bits per heavy atom. The van der Waals surface area contributed by atoms with E-state index in [2.05, 4.69) is 34.6 Å². The molecule has 3 rings (SSSR count). The fourth-order valence-electron chi connectivity index (χ4n) is 2.24. The molecule has 6 heteroatoms. The fourth-order valence-corrected chi connectivity index (χ4v) is 2.71. The van der Waals surface area contributed by atoms with Crippen LogP contribution in [-0.4, -0.2) is 14.3 Å².